The molecule has 0 aromatic heterocycles. The van der Waals surface area contributed by atoms with Gasteiger partial charge in [-0.1, -0.05) is 13.3 Å². The normalized spacial score (nSPS) is 19.9. The van der Waals surface area contributed by atoms with Crippen LogP contribution in [-0.4, -0.2) is 25.0 Å². The van der Waals surface area contributed by atoms with E-state index >= 15 is 0 Å². The molecule has 0 heterocycles. The van der Waals surface area contributed by atoms with Gasteiger partial charge in [-0.2, -0.15) is 0 Å². The number of nitrogens with one attached hydrogen (secondary N) is 2. The summed E-state index contributed by atoms with van der Waals surface area (Å²) in [5.41, 5.74) is 0.785. The van der Waals surface area contributed by atoms with Crippen molar-refractivity contribution in [2.45, 2.75) is 52.4 Å². The zero-order chi connectivity index (χ0) is 18.1. The third-order valence-electron chi connectivity index (χ3n) is 4.73. The summed E-state index contributed by atoms with van der Waals surface area (Å²) in [6, 6.07) is 7.43. The van der Waals surface area contributed by atoms with Crippen molar-refractivity contribution in [1.82, 2.24) is 5.32 Å². The van der Waals surface area contributed by atoms with E-state index in [1.807, 2.05) is 31.2 Å². The fourth-order valence-corrected chi connectivity index (χ4v) is 3.20. The summed E-state index contributed by atoms with van der Waals surface area (Å²) in [7, 11) is 0. The molecule has 0 atom stereocenters. The Morgan fingerprint density at radius 2 is 1.60 bits per heavy atom. The second kappa shape index (κ2) is 10.1. The van der Waals surface area contributed by atoms with E-state index in [4.69, 9.17) is 4.74 Å². The minimum Gasteiger partial charge on any atom is -0.494 e. The van der Waals surface area contributed by atoms with Gasteiger partial charge in [0.15, 0.2) is 0 Å². The summed E-state index contributed by atoms with van der Waals surface area (Å²) in [4.78, 5) is 24.5. The van der Waals surface area contributed by atoms with Gasteiger partial charge in [0, 0.05) is 24.1 Å². The van der Waals surface area contributed by atoms with Crippen LogP contribution < -0.4 is 15.4 Å². The Balaban J connectivity index is 1.76. The number of amides is 2. The third-order valence-corrected chi connectivity index (χ3v) is 4.73. The zero-order valence-electron chi connectivity index (χ0n) is 15.3. The maximum atomic E-state index is 12.4. The molecular weight excluding hydrogens is 316 g/mol. The summed E-state index contributed by atoms with van der Waals surface area (Å²) in [6.45, 7) is 5.44. The van der Waals surface area contributed by atoms with Crippen molar-refractivity contribution < 1.29 is 14.3 Å². The maximum absolute atomic E-state index is 12.4. The second-order valence-electron chi connectivity index (χ2n) is 6.64. The van der Waals surface area contributed by atoms with Crippen LogP contribution in [0.1, 0.15) is 52.4 Å². The lowest BCUT2D eigenvalue weighted by atomic mass is 9.81. The summed E-state index contributed by atoms with van der Waals surface area (Å²) in [5.74, 6) is 1.06. The van der Waals surface area contributed by atoms with E-state index in [0.717, 1.165) is 56.5 Å². The molecular formula is C20H30N2O3. The number of rotatable bonds is 8. The molecule has 1 aromatic carbocycles. The molecule has 0 aliphatic heterocycles. The van der Waals surface area contributed by atoms with E-state index in [2.05, 4.69) is 17.6 Å². The Hall–Kier alpha value is -2.04. The van der Waals surface area contributed by atoms with Crippen molar-refractivity contribution in [3.05, 3.63) is 24.3 Å². The minimum absolute atomic E-state index is 0.00809. The summed E-state index contributed by atoms with van der Waals surface area (Å²) in [6.07, 6.45) is 5.23. The van der Waals surface area contributed by atoms with Crippen LogP contribution in [0.15, 0.2) is 24.3 Å². The number of hydrogen-bond donors (Lipinski definition) is 2. The molecule has 0 bridgehead atoms. The van der Waals surface area contributed by atoms with E-state index in [0.29, 0.717) is 6.61 Å². The Labute approximate surface area is 150 Å². The fraction of sp³-hybridized carbons (Fsp3) is 0.600. The Morgan fingerprint density at radius 1 is 1.00 bits per heavy atom. The number of anilines is 1. The first kappa shape index (κ1) is 19.3. The summed E-state index contributed by atoms with van der Waals surface area (Å²) in [5, 5.41) is 5.97. The maximum Gasteiger partial charge on any atom is 0.227 e. The van der Waals surface area contributed by atoms with E-state index < -0.39 is 0 Å². The highest BCUT2D eigenvalue weighted by Crippen LogP contribution is 2.30. The number of ether oxygens (including phenoxy) is 1. The molecule has 0 unspecified atom stereocenters. The van der Waals surface area contributed by atoms with E-state index in [1.54, 1.807) is 0 Å². The molecule has 1 fully saturated rings. The van der Waals surface area contributed by atoms with Gasteiger partial charge in [-0.25, -0.2) is 0 Å². The number of hydrogen-bond acceptors (Lipinski definition) is 3. The first-order chi connectivity index (χ1) is 12.1. The molecule has 0 saturated heterocycles. The van der Waals surface area contributed by atoms with E-state index in [1.165, 1.54) is 0 Å². The van der Waals surface area contributed by atoms with Crippen LogP contribution >= 0.6 is 0 Å². The van der Waals surface area contributed by atoms with Crippen LogP contribution in [0.4, 0.5) is 5.69 Å². The molecule has 1 aliphatic carbocycles. The lowest BCUT2D eigenvalue weighted by molar-refractivity contribution is -0.128. The van der Waals surface area contributed by atoms with Crippen LogP contribution in [0.5, 0.6) is 5.75 Å². The standard InChI is InChI=1S/C20H30N2O3/c1-3-5-14-21-19(23)15-6-8-16(9-7-15)20(24)22-17-10-12-18(13-11-17)25-4-2/h10-13,15-16H,3-9,14H2,1-2H3,(H,21,23)(H,22,24). The van der Waals surface area contributed by atoms with Crippen molar-refractivity contribution in [1.29, 1.82) is 0 Å². The van der Waals surface area contributed by atoms with Crippen LogP contribution in [0, 0.1) is 11.8 Å². The molecule has 1 saturated carbocycles. The van der Waals surface area contributed by atoms with Gasteiger partial charge in [0.1, 0.15) is 5.75 Å². The topological polar surface area (TPSA) is 67.4 Å². The first-order valence-electron chi connectivity index (χ1n) is 9.45. The van der Waals surface area contributed by atoms with Crippen molar-refractivity contribution in [2.75, 3.05) is 18.5 Å². The van der Waals surface area contributed by atoms with Gasteiger partial charge in [0.2, 0.25) is 11.8 Å². The number of carbonyl (C=O) groups is 2. The summed E-state index contributed by atoms with van der Waals surface area (Å²) >= 11 is 0. The third kappa shape index (κ3) is 6.07. The lowest BCUT2D eigenvalue weighted by Gasteiger charge is -2.27. The molecule has 1 aliphatic rings. The number of carbonyl (C=O) groups excluding carboxylic acids is 2. The smallest absolute Gasteiger partial charge is 0.227 e. The first-order valence-corrected chi connectivity index (χ1v) is 9.45. The van der Waals surface area contributed by atoms with E-state index in [-0.39, 0.29) is 23.7 Å². The van der Waals surface area contributed by atoms with Crippen LogP contribution in [0.25, 0.3) is 0 Å². The summed E-state index contributed by atoms with van der Waals surface area (Å²) < 4.78 is 5.40. The van der Waals surface area contributed by atoms with Gasteiger partial charge < -0.3 is 15.4 Å². The molecule has 0 spiro atoms. The fourth-order valence-electron chi connectivity index (χ4n) is 3.20. The number of benzene rings is 1. The van der Waals surface area contributed by atoms with Crippen LogP contribution in [0.3, 0.4) is 0 Å². The molecule has 5 heteroatoms. The van der Waals surface area contributed by atoms with Gasteiger partial charge in [-0.05, 0) is 63.3 Å². The van der Waals surface area contributed by atoms with Gasteiger partial charge in [0.05, 0.1) is 6.61 Å². The minimum atomic E-state index is -0.00809. The van der Waals surface area contributed by atoms with Gasteiger partial charge in [0.25, 0.3) is 0 Å². The van der Waals surface area contributed by atoms with Gasteiger partial charge in [-0.3, -0.25) is 9.59 Å². The quantitative estimate of drug-likeness (QED) is 0.705. The van der Waals surface area contributed by atoms with Crippen LogP contribution in [0.2, 0.25) is 0 Å². The monoisotopic (exact) mass is 346 g/mol. The highest BCUT2D eigenvalue weighted by Gasteiger charge is 2.29. The molecule has 2 rings (SSSR count). The largest absolute Gasteiger partial charge is 0.494 e. The predicted octanol–water partition coefficient (Wildman–Crippen LogP) is 3.75. The van der Waals surface area contributed by atoms with E-state index in [9.17, 15) is 9.59 Å². The Kier molecular flexibility index (Phi) is 7.76. The second-order valence-corrected chi connectivity index (χ2v) is 6.64. The lowest BCUT2D eigenvalue weighted by Crippen LogP contribution is -2.35. The van der Waals surface area contributed by atoms with Crippen molar-refractivity contribution in [3.8, 4) is 5.75 Å². The Morgan fingerprint density at radius 3 is 2.16 bits per heavy atom. The molecule has 5 nitrogen and oxygen atoms in total. The van der Waals surface area contributed by atoms with Crippen LogP contribution in [-0.2, 0) is 9.59 Å². The SMILES string of the molecule is CCCCNC(=O)C1CCC(C(=O)Nc2ccc(OCC)cc2)CC1. The number of unbranched alkanes of at least 4 members (excludes halogenated alkanes) is 1. The Bertz CT molecular complexity index is 549. The molecule has 25 heavy (non-hydrogen) atoms. The zero-order valence-corrected chi connectivity index (χ0v) is 15.3. The average Bonchev–Trinajstić information content (AvgIpc) is 2.64. The molecule has 2 N–H and O–H groups in total. The molecule has 1 aromatic rings. The van der Waals surface area contributed by atoms with Gasteiger partial charge in [-0.15, -0.1) is 0 Å². The molecule has 138 valence electrons. The predicted molar refractivity (Wildman–Crippen MR) is 99.6 cm³/mol. The van der Waals surface area contributed by atoms with Gasteiger partial charge >= 0.3 is 0 Å². The van der Waals surface area contributed by atoms with Crippen molar-refractivity contribution in [2.24, 2.45) is 11.8 Å². The van der Waals surface area contributed by atoms with Crippen molar-refractivity contribution in [3.63, 3.8) is 0 Å². The highest BCUT2D eigenvalue weighted by molar-refractivity contribution is 5.92. The van der Waals surface area contributed by atoms with Crippen molar-refractivity contribution >= 4 is 17.5 Å². The molecule has 2 amide bonds. The average molecular weight is 346 g/mol. The molecule has 0 radical (unpaired) electrons. The highest BCUT2D eigenvalue weighted by atomic mass is 16.5.